The Morgan fingerprint density at radius 3 is 2.81 bits per heavy atom. The first-order valence-corrected chi connectivity index (χ1v) is 9.28. The molecule has 1 aliphatic heterocycles. The Morgan fingerprint density at radius 1 is 1.31 bits per heavy atom. The Hall–Kier alpha value is -1.89. The van der Waals surface area contributed by atoms with Crippen molar-refractivity contribution in [2.24, 2.45) is 5.92 Å². The molecule has 146 valence electrons. The van der Waals surface area contributed by atoms with Crippen LogP contribution in [0.2, 0.25) is 0 Å². The maximum atomic E-state index is 12.2. The molecule has 0 unspecified atom stereocenters. The van der Waals surface area contributed by atoms with Gasteiger partial charge in [-0.15, -0.1) is 0 Å². The topological polar surface area (TPSA) is 73.8 Å². The summed E-state index contributed by atoms with van der Waals surface area (Å²) in [6.07, 6.45) is 7.20. The monoisotopic (exact) mass is 365 g/mol. The van der Waals surface area contributed by atoms with Crippen molar-refractivity contribution in [2.45, 2.75) is 58.7 Å². The highest BCUT2D eigenvalue weighted by Gasteiger charge is 2.27. The molecular formula is C19H31N3O4. The van der Waals surface area contributed by atoms with Crippen LogP contribution in [-0.4, -0.2) is 53.4 Å². The Bertz CT molecular complexity index is 574. The molecule has 0 aliphatic carbocycles. The molecule has 1 amide bonds. The maximum Gasteiger partial charge on any atom is 0.410 e. The molecular weight excluding hydrogens is 334 g/mol. The lowest BCUT2D eigenvalue weighted by molar-refractivity contribution is 0.0154. The van der Waals surface area contributed by atoms with Gasteiger partial charge in [0.15, 0.2) is 0 Å². The standard InChI is InChI=1S/C19H31N3O4/c1-19(2,3)26-18(23)22-11-5-7-15(13-22)8-6-12-25-14-16-17(24-4)21-10-9-20-16/h9-10,15H,5-8,11-14H2,1-4H3/t15-/m0/s1. The molecule has 2 rings (SSSR count). The minimum atomic E-state index is -0.445. The average Bonchev–Trinajstić information content (AvgIpc) is 2.60. The van der Waals surface area contributed by atoms with Crippen molar-refractivity contribution in [3.05, 3.63) is 18.1 Å². The van der Waals surface area contributed by atoms with Crippen LogP contribution in [0.3, 0.4) is 0 Å². The van der Waals surface area contributed by atoms with Crippen molar-refractivity contribution in [3.63, 3.8) is 0 Å². The second-order valence-corrected chi connectivity index (χ2v) is 7.64. The van der Waals surface area contributed by atoms with Gasteiger partial charge >= 0.3 is 6.09 Å². The molecule has 0 aromatic carbocycles. The number of carbonyl (C=O) groups excluding carboxylic acids is 1. The van der Waals surface area contributed by atoms with Gasteiger partial charge < -0.3 is 19.1 Å². The average molecular weight is 365 g/mol. The van der Waals surface area contributed by atoms with Gasteiger partial charge in [-0.3, -0.25) is 4.98 Å². The third-order valence-electron chi connectivity index (χ3n) is 4.24. The molecule has 0 bridgehead atoms. The second kappa shape index (κ2) is 9.71. The highest BCUT2D eigenvalue weighted by atomic mass is 16.6. The molecule has 1 aromatic heterocycles. The predicted molar refractivity (Wildman–Crippen MR) is 98.0 cm³/mol. The summed E-state index contributed by atoms with van der Waals surface area (Å²) in [6.45, 7) is 8.30. The lowest BCUT2D eigenvalue weighted by Crippen LogP contribution is -2.42. The molecule has 0 N–H and O–H groups in total. The van der Waals surface area contributed by atoms with Crippen LogP contribution in [0.25, 0.3) is 0 Å². The van der Waals surface area contributed by atoms with Gasteiger partial charge in [-0.25, -0.2) is 9.78 Å². The normalized spacial score (nSPS) is 17.8. The second-order valence-electron chi connectivity index (χ2n) is 7.64. The highest BCUT2D eigenvalue weighted by Crippen LogP contribution is 2.23. The Labute approximate surface area is 156 Å². The molecule has 2 heterocycles. The molecule has 1 saturated heterocycles. The first kappa shape index (κ1) is 20.4. The molecule has 7 heteroatoms. The van der Waals surface area contributed by atoms with Gasteiger partial charge in [-0.2, -0.15) is 0 Å². The molecule has 0 radical (unpaired) electrons. The van der Waals surface area contributed by atoms with Gasteiger partial charge in [0.2, 0.25) is 5.88 Å². The van der Waals surface area contributed by atoms with Gasteiger partial charge in [-0.05, 0) is 52.4 Å². The van der Waals surface area contributed by atoms with Crippen LogP contribution in [0.1, 0.15) is 52.1 Å². The van der Waals surface area contributed by atoms with Crippen LogP contribution in [0, 0.1) is 5.92 Å². The third-order valence-corrected chi connectivity index (χ3v) is 4.24. The van der Waals surface area contributed by atoms with Crippen molar-refractivity contribution < 1.29 is 19.0 Å². The van der Waals surface area contributed by atoms with Gasteiger partial charge in [-0.1, -0.05) is 0 Å². The number of nitrogens with zero attached hydrogens (tertiary/aromatic N) is 3. The summed E-state index contributed by atoms with van der Waals surface area (Å²) < 4.78 is 16.3. The van der Waals surface area contributed by atoms with Gasteiger partial charge in [0.1, 0.15) is 11.3 Å². The van der Waals surface area contributed by atoms with E-state index in [4.69, 9.17) is 14.2 Å². The van der Waals surface area contributed by atoms with Crippen LogP contribution < -0.4 is 4.74 Å². The van der Waals surface area contributed by atoms with Crippen molar-refractivity contribution in [1.82, 2.24) is 14.9 Å². The lowest BCUT2D eigenvalue weighted by atomic mass is 9.94. The predicted octanol–water partition coefficient (Wildman–Crippen LogP) is 3.43. The fourth-order valence-electron chi connectivity index (χ4n) is 3.06. The van der Waals surface area contributed by atoms with E-state index in [2.05, 4.69) is 9.97 Å². The molecule has 0 saturated carbocycles. The van der Waals surface area contributed by atoms with Crippen LogP contribution >= 0.6 is 0 Å². The van der Waals surface area contributed by atoms with Crippen molar-refractivity contribution in [2.75, 3.05) is 26.8 Å². The number of amides is 1. The van der Waals surface area contributed by atoms with Gasteiger partial charge in [0.05, 0.1) is 13.7 Å². The third kappa shape index (κ3) is 6.78. The molecule has 1 atom stereocenters. The number of ether oxygens (including phenoxy) is 3. The first-order valence-electron chi connectivity index (χ1n) is 9.28. The van der Waals surface area contributed by atoms with Crippen LogP contribution in [0.4, 0.5) is 4.79 Å². The smallest absolute Gasteiger partial charge is 0.410 e. The van der Waals surface area contributed by atoms with Gasteiger partial charge in [0, 0.05) is 32.1 Å². The zero-order valence-electron chi connectivity index (χ0n) is 16.4. The van der Waals surface area contributed by atoms with Crippen molar-refractivity contribution in [3.8, 4) is 5.88 Å². The molecule has 0 spiro atoms. The number of hydrogen-bond acceptors (Lipinski definition) is 6. The lowest BCUT2D eigenvalue weighted by Gasteiger charge is -2.34. The van der Waals surface area contributed by atoms with Gasteiger partial charge in [0.25, 0.3) is 0 Å². The summed E-state index contributed by atoms with van der Waals surface area (Å²) in [7, 11) is 1.58. The zero-order valence-corrected chi connectivity index (χ0v) is 16.4. The number of rotatable bonds is 7. The van der Waals surface area contributed by atoms with E-state index in [0.717, 1.165) is 38.8 Å². The Balaban J connectivity index is 1.67. The summed E-state index contributed by atoms with van der Waals surface area (Å²) in [5.41, 5.74) is 0.267. The zero-order chi connectivity index (χ0) is 19.0. The number of methoxy groups -OCH3 is 1. The van der Waals surface area contributed by atoms with E-state index in [-0.39, 0.29) is 6.09 Å². The molecule has 1 aromatic rings. The van der Waals surface area contributed by atoms with E-state index in [0.29, 0.717) is 30.7 Å². The Kier molecular flexibility index (Phi) is 7.63. The summed E-state index contributed by atoms with van der Waals surface area (Å²) in [5, 5.41) is 0. The summed E-state index contributed by atoms with van der Waals surface area (Å²) >= 11 is 0. The number of carbonyl (C=O) groups is 1. The quantitative estimate of drug-likeness (QED) is 0.689. The number of likely N-dealkylation sites (tertiary alicyclic amines) is 1. The largest absolute Gasteiger partial charge is 0.480 e. The van der Waals surface area contributed by atoms with E-state index in [9.17, 15) is 4.79 Å². The minimum Gasteiger partial charge on any atom is -0.480 e. The van der Waals surface area contributed by atoms with E-state index < -0.39 is 5.60 Å². The minimum absolute atomic E-state index is 0.201. The summed E-state index contributed by atoms with van der Waals surface area (Å²) in [5.74, 6) is 1.01. The number of hydrogen-bond donors (Lipinski definition) is 0. The van der Waals surface area contributed by atoms with Crippen LogP contribution in [0.15, 0.2) is 12.4 Å². The van der Waals surface area contributed by atoms with E-state index in [1.54, 1.807) is 19.5 Å². The highest BCUT2D eigenvalue weighted by molar-refractivity contribution is 5.68. The fourth-order valence-corrected chi connectivity index (χ4v) is 3.06. The summed E-state index contributed by atoms with van der Waals surface area (Å²) in [6, 6.07) is 0. The van der Waals surface area contributed by atoms with Crippen molar-refractivity contribution in [1.29, 1.82) is 0 Å². The first-order chi connectivity index (χ1) is 12.4. The fraction of sp³-hybridized carbons (Fsp3) is 0.737. The van der Waals surface area contributed by atoms with E-state index >= 15 is 0 Å². The van der Waals surface area contributed by atoms with Crippen LogP contribution in [0.5, 0.6) is 5.88 Å². The molecule has 1 fully saturated rings. The van der Waals surface area contributed by atoms with Crippen LogP contribution in [-0.2, 0) is 16.1 Å². The molecule has 7 nitrogen and oxygen atoms in total. The maximum absolute atomic E-state index is 12.2. The van der Waals surface area contributed by atoms with Crippen molar-refractivity contribution >= 4 is 6.09 Å². The number of piperidine rings is 1. The van der Waals surface area contributed by atoms with E-state index in [1.165, 1.54) is 0 Å². The van der Waals surface area contributed by atoms with E-state index in [1.807, 2.05) is 25.7 Å². The Morgan fingerprint density at radius 2 is 2.08 bits per heavy atom. The molecule has 1 aliphatic rings. The molecule has 26 heavy (non-hydrogen) atoms. The SMILES string of the molecule is COc1nccnc1COCCC[C@@H]1CCCN(C(=O)OC(C)(C)C)C1. The number of aromatic nitrogens is 2. The summed E-state index contributed by atoms with van der Waals surface area (Å²) in [4.78, 5) is 22.4.